The first-order valence-electron chi connectivity index (χ1n) is 4.91. The topological polar surface area (TPSA) is 115 Å². The monoisotopic (exact) mass is 237 g/mol. The summed E-state index contributed by atoms with van der Waals surface area (Å²) in [6, 6.07) is 0. The average Bonchev–Trinajstić information content (AvgIpc) is 2.08. The number of nitrogens with one attached hydrogen (secondary N) is 1. The molecule has 0 saturated heterocycles. The van der Waals surface area contributed by atoms with Crippen LogP contribution >= 0.6 is 0 Å². The Balaban J connectivity index is 3.95. The summed E-state index contributed by atoms with van der Waals surface area (Å²) in [4.78, 5) is 10.8. The van der Waals surface area contributed by atoms with Crippen molar-refractivity contribution in [1.82, 2.24) is 5.32 Å². The largest absolute Gasteiger partial charge is 0.369 e. The van der Waals surface area contributed by atoms with Gasteiger partial charge in [0.1, 0.15) is 0 Å². The molecule has 0 aromatic rings. The van der Waals surface area contributed by atoms with Crippen LogP contribution in [0.4, 0.5) is 0 Å². The van der Waals surface area contributed by atoms with Gasteiger partial charge in [-0.05, 0) is 25.9 Å². The van der Waals surface area contributed by atoms with Crippen molar-refractivity contribution in [2.45, 2.75) is 31.4 Å². The van der Waals surface area contributed by atoms with Crippen LogP contribution in [0.1, 0.15) is 26.2 Å². The smallest absolute Gasteiger partial charge is 0.237 e. The number of carbonyl (C=O) groups excluding carboxylic acids is 1. The lowest BCUT2D eigenvalue weighted by molar-refractivity contribution is -0.117. The highest BCUT2D eigenvalue weighted by atomic mass is 32.2. The van der Waals surface area contributed by atoms with Crippen LogP contribution in [-0.2, 0) is 14.8 Å². The van der Waals surface area contributed by atoms with Crippen molar-refractivity contribution in [1.29, 1.82) is 0 Å². The Morgan fingerprint density at radius 2 is 2.00 bits per heavy atom. The van der Waals surface area contributed by atoms with Crippen LogP contribution in [0.15, 0.2) is 0 Å². The third kappa shape index (κ3) is 6.43. The first-order valence-corrected chi connectivity index (χ1v) is 6.52. The van der Waals surface area contributed by atoms with Crippen molar-refractivity contribution in [3.8, 4) is 0 Å². The number of nitrogens with two attached hydrogens (primary N) is 2. The van der Waals surface area contributed by atoms with Gasteiger partial charge in [0.25, 0.3) is 0 Å². The van der Waals surface area contributed by atoms with Gasteiger partial charge in [-0.1, -0.05) is 13.3 Å². The third-order valence-corrected chi connectivity index (χ3v) is 3.27. The molecule has 0 fully saturated rings. The lowest BCUT2D eigenvalue weighted by Gasteiger charge is -2.11. The van der Waals surface area contributed by atoms with E-state index in [1.54, 1.807) is 0 Å². The number of primary sulfonamides is 1. The van der Waals surface area contributed by atoms with Crippen LogP contribution in [0.25, 0.3) is 0 Å². The van der Waals surface area contributed by atoms with E-state index in [1.807, 2.05) is 0 Å². The summed E-state index contributed by atoms with van der Waals surface area (Å²) in [5, 5.41) is 6.60. The molecular formula is C8H19N3O3S. The molecule has 5 N–H and O–H groups in total. The molecule has 1 amide bonds. The molecule has 0 aliphatic carbocycles. The summed E-state index contributed by atoms with van der Waals surface area (Å²) in [6.45, 7) is 3.27. The zero-order chi connectivity index (χ0) is 11.9. The maximum Gasteiger partial charge on any atom is 0.237 e. The first-order chi connectivity index (χ1) is 6.89. The fourth-order valence-electron chi connectivity index (χ4n) is 1.13. The standard InChI is InChI=1S/C8H19N3O3S/c1-2-3-5-11-6-4-7(8(9)12)15(10,13)14/h7,11H,2-6H2,1H3,(H2,9,12)(H2,10,13,14). The third-order valence-electron chi connectivity index (χ3n) is 2.00. The van der Waals surface area contributed by atoms with Crippen LogP contribution in [0.3, 0.4) is 0 Å². The average molecular weight is 237 g/mol. The molecule has 1 unspecified atom stereocenters. The number of hydrogen-bond donors (Lipinski definition) is 3. The van der Waals surface area contributed by atoms with Crippen molar-refractivity contribution in [2.24, 2.45) is 10.9 Å². The minimum absolute atomic E-state index is 0.123. The van der Waals surface area contributed by atoms with Gasteiger partial charge in [0, 0.05) is 0 Å². The van der Waals surface area contributed by atoms with Gasteiger partial charge in [-0.3, -0.25) is 4.79 Å². The molecule has 0 saturated carbocycles. The number of hydrogen-bond acceptors (Lipinski definition) is 4. The predicted molar refractivity (Wildman–Crippen MR) is 58.5 cm³/mol. The minimum Gasteiger partial charge on any atom is -0.369 e. The second kappa shape index (κ2) is 6.76. The molecule has 0 aromatic carbocycles. The van der Waals surface area contributed by atoms with E-state index in [4.69, 9.17) is 10.9 Å². The summed E-state index contributed by atoms with van der Waals surface area (Å²) in [5.41, 5.74) is 4.94. The van der Waals surface area contributed by atoms with Crippen molar-refractivity contribution < 1.29 is 13.2 Å². The summed E-state index contributed by atoms with van der Waals surface area (Å²) < 4.78 is 21.9. The molecule has 0 aromatic heterocycles. The van der Waals surface area contributed by atoms with Crippen LogP contribution in [-0.4, -0.2) is 32.7 Å². The predicted octanol–water partition coefficient (Wildman–Crippen LogP) is -1.09. The fraction of sp³-hybridized carbons (Fsp3) is 0.875. The van der Waals surface area contributed by atoms with Crippen molar-refractivity contribution in [3.05, 3.63) is 0 Å². The summed E-state index contributed by atoms with van der Waals surface area (Å²) in [7, 11) is -3.87. The fourth-order valence-corrected chi connectivity index (χ4v) is 1.90. The number of primary amides is 1. The van der Waals surface area contributed by atoms with Crippen LogP contribution in [0, 0.1) is 0 Å². The molecular weight excluding hydrogens is 218 g/mol. The number of amides is 1. The molecule has 90 valence electrons. The Bertz CT molecular complexity index is 290. The lowest BCUT2D eigenvalue weighted by Crippen LogP contribution is -2.41. The first kappa shape index (κ1) is 14.3. The van der Waals surface area contributed by atoms with E-state index in [2.05, 4.69) is 12.2 Å². The van der Waals surface area contributed by atoms with Gasteiger partial charge in [0.2, 0.25) is 15.9 Å². The summed E-state index contributed by atoms with van der Waals surface area (Å²) >= 11 is 0. The molecule has 0 bridgehead atoms. The molecule has 0 aliphatic heterocycles. The second-order valence-corrected chi connectivity index (χ2v) is 5.12. The van der Waals surface area contributed by atoms with E-state index in [0.29, 0.717) is 6.54 Å². The van der Waals surface area contributed by atoms with E-state index in [9.17, 15) is 13.2 Å². The van der Waals surface area contributed by atoms with Gasteiger partial charge >= 0.3 is 0 Å². The number of sulfonamides is 1. The SMILES string of the molecule is CCCCNCCC(C(N)=O)S(N)(=O)=O. The van der Waals surface area contributed by atoms with Gasteiger partial charge in [-0.25, -0.2) is 13.6 Å². The van der Waals surface area contributed by atoms with E-state index >= 15 is 0 Å². The maximum absolute atomic E-state index is 10.9. The molecule has 1 atom stereocenters. The molecule has 6 nitrogen and oxygen atoms in total. The van der Waals surface area contributed by atoms with E-state index in [1.165, 1.54) is 0 Å². The Morgan fingerprint density at radius 3 is 2.40 bits per heavy atom. The second-order valence-electron chi connectivity index (χ2n) is 3.37. The maximum atomic E-state index is 10.9. The number of unbranched alkanes of at least 4 members (excludes halogenated alkanes) is 1. The molecule has 15 heavy (non-hydrogen) atoms. The highest BCUT2D eigenvalue weighted by molar-refractivity contribution is 7.90. The summed E-state index contributed by atoms with van der Waals surface area (Å²) in [5.74, 6) is -0.894. The summed E-state index contributed by atoms with van der Waals surface area (Å²) in [6.07, 6.45) is 2.19. The van der Waals surface area contributed by atoms with E-state index in [-0.39, 0.29) is 6.42 Å². The molecule has 0 rings (SSSR count). The van der Waals surface area contributed by atoms with Crippen LogP contribution in [0.2, 0.25) is 0 Å². The molecule has 0 aliphatic rings. The Morgan fingerprint density at radius 1 is 1.40 bits per heavy atom. The Hall–Kier alpha value is -0.660. The van der Waals surface area contributed by atoms with Crippen molar-refractivity contribution in [3.63, 3.8) is 0 Å². The Labute approximate surface area is 90.4 Å². The van der Waals surface area contributed by atoms with Crippen molar-refractivity contribution >= 4 is 15.9 Å². The molecule has 0 heterocycles. The van der Waals surface area contributed by atoms with Gasteiger partial charge < -0.3 is 11.1 Å². The quantitative estimate of drug-likeness (QED) is 0.465. The molecule has 7 heteroatoms. The van der Waals surface area contributed by atoms with Gasteiger partial charge in [-0.2, -0.15) is 0 Å². The Kier molecular flexibility index (Phi) is 6.46. The number of carbonyl (C=O) groups is 1. The van der Waals surface area contributed by atoms with Crippen LogP contribution < -0.4 is 16.2 Å². The van der Waals surface area contributed by atoms with Crippen molar-refractivity contribution in [2.75, 3.05) is 13.1 Å². The zero-order valence-electron chi connectivity index (χ0n) is 8.90. The highest BCUT2D eigenvalue weighted by Crippen LogP contribution is 2.00. The molecule has 0 spiro atoms. The minimum atomic E-state index is -3.87. The highest BCUT2D eigenvalue weighted by Gasteiger charge is 2.26. The molecule has 0 radical (unpaired) electrons. The lowest BCUT2D eigenvalue weighted by atomic mass is 10.3. The van der Waals surface area contributed by atoms with E-state index in [0.717, 1.165) is 19.4 Å². The van der Waals surface area contributed by atoms with Gasteiger partial charge in [0.15, 0.2) is 5.25 Å². The number of rotatable bonds is 8. The van der Waals surface area contributed by atoms with Gasteiger partial charge in [0.05, 0.1) is 0 Å². The van der Waals surface area contributed by atoms with Gasteiger partial charge in [-0.15, -0.1) is 0 Å². The van der Waals surface area contributed by atoms with Crippen LogP contribution in [0.5, 0.6) is 0 Å². The normalized spacial score (nSPS) is 13.7. The zero-order valence-corrected chi connectivity index (χ0v) is 9.72. The van der Waals surface area contributed by atoms with E-state index < -0.39 is 21.2 Å².